The van der Waals surface area contributed by atoms with Crippen molar-refractivity contribution in [2.24, 2.45) is 0 Å². The van der Waals surface area contributed by atoms with Crippen LogP contribution in [0.25, 0.3) is 0 Å². The van der Waals surface area contributed by atoms with Crippen molar-refractivity contribution in [2.75, 3.05) is 16.4 Å². The fourth-order valence-corrected chi connectivity index (χ4v) is 3.24. The van der Waals surface area contributed by atoms with E-state index in [1.54, 1.807) is 24.3 Å². The summed E-state index contributed by atoms with van der Waals surface area (Å²) in [5, 5.41) is 6.35. The van der Waals surface area contributed by atoms with Gasteiger partial charge < -0.3 is 20.8 Å². The second kappa shape index (κ2) is 7.18. The van der Waals surface area contributed by atoms with E-state index in [1.807, 2.05) is 0 Å². The number of nitrogens with two attached hydrogens (primary N) is 1. The van der Waals surface area contributed by atoms with Crippen molar-refractivity contribution in [3.63, 3.8) is 0 Å². The molecule has 0 saturated carbocycles. The summed E-state index contributed by atoms with van der Waals surface area (Å²) < 4.78 is 5.01. The molecule has 0 spiro atoms. The van der Waals surface area contributed by atoms with E-state index in [0.29, 0.717) is 15.6 Å². The number of benzene rings is 1. The molecule has 0 atom stereocenters. The second-order valence-electron chi connectivity index (χ2n) is 4.90. The number of nitrogens with one attached hydrogen (secondary N) is 2. The Hall–Kier alpha value is -2.48. The largest absolute Gasteiger partial charge is 0.459 e. The number of anilines is 3. The van der Waals surface area contributed by atoms with Crippen LogP contribution >= 0.6 is 34.5 Å². The number of nitrogen functional groups attached to an aromatic ring is 1. The Morgan fingerprint density at radius 1 is 1.04 bits per heavy atom. The molecule has 2 heterocycles. The molecule has 6 nitrogen and oxygen atoms in total. The lowest BCUT2D eigenvalue weighted by Gasteiger charge is -2.07. The molecule has 1 aromatic carbocycles. The highest BCUT2D eigenvalue weighted by atomic mass is 35.5. The number of furan rings is 1. The fraction of sp³-hybridized carbons (Fsp3) is 0. The van der Waals surface area contributed by atoms with Crippen LogP contribution in [0.1, 0.15) is 20.2 Å². The summed E-state index contributed by atoms with van der Waals surface area (Å²) in [5.41, 5.74) is 6.33. The van der Waals surface area contributed by atoms with E-state index < -0.39 is 5.91 Å². The summed E-state index contributed by atoms with van der Waals surface area (Å²) in [5.74, 6) is -0.568. The molecule has 0 aliphatic rings. The lowest BCUT2D eigenvalue weighted by atomic mass is 10.2. The third-order valence-corrected chi connectivity index (χ3v) is 4.77. The molecule has 0 bridgehead atoms. The summed E-state index contributed by atoms with van der Waals surface area (Å²) in [6.07, 6.45) is 1.41. The van der Waals surface area contributed by atoms with Gasteiger partial charge in [0.25, 0.3) is 11.8 Å². The molecule has 3 rings (SSSR count). The molecule has 0 aliphatic carbocycles. The van der Waals surface area contributed by atoms with E-state index in [9.17, 15) is 9.59 Å². The Kier molecular flexibility index (Phi) is 4.98. The van der Waals surface area contributed by atoms with Gasteiger partial charge >= 0.3 is 0 Å². The SMILES string of the molecule is Nc1c(Cl)cc(NC(=O)c2ccc(NC(=O)c3ccco3)s2)cc1Cl. The van der Waals surface area contributed by atoms with Gasteiger partial charge in [-0.05, 0) is 36.4 Å². The van der Waals surface area contributed by atoms with Gasteiger partial charge in [-0.2, -0.15) is 0 Å². The van der Waals surface area contributed by atoms with E-state index >= 15 is 0 Å². The Bertz CT molecular complexity index is 915. The summed E-state index contributed by atoms with van der Waals surface area (Å²) in [7, 11) is 0. The van der Waals surface area contributed by atoms with Crippen LogP contribution in [-0.2, 0) is 0 Å². The summed E-state index contributed by atoms with van der Waals surface area (Å²) >= 11 is 13.0. The second-order valence-corrected chi connectivity index (χ2v) is 6.80. The van der Waals surface area contributed by atoms with Crippen molar-refractivity contribution in [2.45, 2.75) is 0 Å². The first-order valence-electron chi connectivity index (χ1n) is 6.94. The number of thiophene rings is 1. The molecule has 3 aromatic rings. The van der Waals surface area contributed by atoms with E-state index in [0.717, 1.165) is 11.3 Å². The van der Waals surface area contributed by atoms with Crippen LogP contribution in [0.3, 0.4) is 0 Å². The van der Waals surface area contributed by atoms with Gasteiger partial charge in [0, 0.05) is 5.69 Å². The molecule has 2 aromatic heterocycles. The highest BCUT2D eigenvalue weighted by molar-refractivity contribution is 7.18. The molecule has 0 unspecified atom stereocenters. The first-order valence-corrected chi connectivity index (χ1v) is 8.52. The molecule has 0 radical (unpaired) electrons. The van der Waals surface area contributed by atoms with Crippen LogP contribution < -0.4 is 16.4 Å². The zero-order valence-electron chi connectivity index (χ0n) is 12.5. The van der Waals surface area contributed by atoms with E-state index in [2.05, 4.69) is 10.6 Å². The molecular weight excluding hydrogens is 385 g/mol. The zero-order valence-corrected chi connectivity index (χ0v) is 14.8. The van der Waals surface area contributed by atoms with Gasteiger partial charge in [-0.15, -0.1) is 11.3 Å². The van der Waals surface area contributed by atoms with Gasteiger partial charge in [-0.1, -0.05) is 23.2 Å². The number of carbonyl (C=O) groups excluding carboxylic acids is 2. The summed E-state index contributed by atoms with van der Waals surface area (Å²) in [6, 6.07) is 9.40. The van der Waals surface area contributed by atoms with Crippen LogP contribution in [0.15, 0.2) is 47.1 Å². The number of rotatable bonds is 4. The van der Waals surface area contributed by atoms with Crippen LogP contribution in [0.5, 0.6) is 0 Å². The smallest absolute Gasteiger partial charge is 0.291 e. The number of amides is 2. The minimum absolute atomic E-state index is 0.186. The van der Waals surface area contributed by atoms with Crippen LogP contribution in [0, 0.1) is 0 Å². The van der Waals surface area contributed by atoms with Crippen LogP contribution in [0.2, 0.25) is 10.0 Å². The maximum atomic E-state index is 12.3. The van der Waals surface area contributed by atoms with E-state index in [-0.39, 0.29) is 27.4 Å². The average molecular weight is 396 g/mol. The molecule has 2 amide bonds. The third kappa shape index (κ3) is 3.96. The minimum atomic E-state index is -0.393. The van der Waals surface area contributed by atoms with Gasteiger partial charge in [0.1, 0.15) is 0 Å². The maximum absolute atomic E-state index is 12.3. The predicted molar refractivity (Wildman–Crippen MR) is 99.8 cm³/mol. The standard InChI is InChI=1S/C16H11Cl2N3O3S/c17-9-6-8(7-10(18)14(9)19)20-16(23)12-3-4-13(25-12)21-15(22)11-2-1-5-24-11/h1-7H,19H2,(H,20,23)(H,21,22). The minimum Gasteiger partial charge on any atom is -0.459 e. The van der Waals surface area contributed by atoms with Crippen molar-refractivity contribution < 1.29 is 14.0 Å². The highest BCUT2D eigenvalue weighted by Crippen LogP contribution is 2.31. The fourth-order valence-electron chi connectivity index (χ4n) is 1.96. The quantitative estimate of drug-likeness (QED) is 0.555. The van der Waals surface area contributed by atoms with Crippen molar-refractivity contribution in [1.82, 2.24) is 0 Å². The number of hydrogen-bond acceptors (Lipinski definition) is 5. The van der Waals surface area contributed by atoms with Crippen molar-refractivity contribution in [3.8, 4) is 0 Å². The molecule has 9 heteroatoms. The predicted octanol–water partition coefficient (Wildman–Crippen LogP) is 4.73. The average Bonchev–Trinajstić information content (AvgIpc) is 3.24. The topological polar surface area (TPSA) is 97.4 Å². The number of carbonyl (C=O) groups is 2. The van der Waals surface area contributed by atoms with Crippen LogP contribution in [0.4, 0.5) is 16.4 Å². The first kappa shape index (κ1) is 17.3. The normalized spacial score (nSPS) is 10.5. The Morgan fingerprint density at radius 2 is 1.76 bits per heavy atom. The summed E-state index contributed by atoms with van der Waals surface area (Å²) in [4.78, 5) is 24.6. The van der Waals surface area contributed by atoms with Crippen LogP contribution in [-0.4, -0.2) is 11.8 Å². The molecule has 0 aliphatic heterocycles. The third-order valence-electron chi connectivity index (χ3n) is 3.15. The molecule has 0 fully saturated rings. The van der Waals surface area contributed by atoms with Crippen molar-refractivity contribution in [1.29, 1.82) is 0 Å². The lowest BCUT2D eigenvalue weighted by molar-refractivity contribution is 0.0995. The Balaban J connectivity index is 1.69. The molecule has 25 heavy (non-hydrogen) atoms. The number of halogens is 2. The van der Waals surface area contributed by atoms with Gasteiger partial charge in [0.2, 0.25) is 0 Å². The molecule has 128 valence electrons. The first-order chi connectivity index (χ1) is 11.9. The lowest BCUT2D eigenvalue weighted by Crippen LogP contribution is -2.11. The van der Waals surface area contributed by atoms with Gasteiger partial charge in [0.15, 0.2) is 5.76 Å². The van der Waals surface area contributed by atoms with E-state index in [1.165, 1.54) is 18.4 Å². The monoisotopic (exact) mass is 395 g/mol. The maximum Gasteiger partial charge on any atom is 0.291 e. The van der Waals surface area contributed by atoms with Gasteiger partial charge in [-0.25, -0.2) is 0 Å². The van der Waals surface area contributed by atoms with Crippen molar-refractivity contribution >= 4 is 62.7 Å². The van der Waals surface area contributed by atoms with Crippen molar-refractivity contribution in [3.05, 3.63) is 63.3 Å². The van der Waals surface area contributed by atoms with Gasteiger partial charge in [0.05, 0.1) is 31.9 Å². The number of hydrogen-bond donors (Lipinski definition) is 3. The molecule has 0 saturated heterocycles. The van der Waals surface area contributed by atoms with E-state index in [4.69, 9.17) is 33.4 Å². The van der Waals surface area contributed by atoms with Gasteiger partial charge in [-0.3, -0.25) is 9.59 Å². The highest BCUT2D eigenvalue weighted by Gasteiger charge is 2.14. The zero-order chi connectivity index (χ0) is 18.0. The Morgan fingerprint density at radius 3 is 2.40 bits per heavy atom. The molecular formula is C16H11Cl2N3O3S. The molecule has 4 N–H and O–H groups in total. The Labute approximate surface area is 156 Å². The summed E-state index contributed by atoms with van der Waals surface area (Å²) in [6.45, 7) is 0.